The Morgan fingerprint density at radius 1 is 1.67 bits per heavy atom. The van der Waals surface area contributed by atoms with Gasteiger partial charge in [-0.1, -0.05) is 22.0 Å². The second-order valence-corrected chi connectivity index (χ2v) is 4.50. The summed E-state index contributed by atoms with van der Waals surface area (Å²) in [6, 6.07) is 6.98. The van der Waals surface area contributed by atoms with Crippen LogP contribution in [0.25, 0.3) is 0 Å². The van der Waals surface area contributed by atoms with Gasteiger partial charge in [-0.3, -0.25) is 4.79 Å². The summed E-state index contributed by atoms with van der Waals surface area (Å²) in [5.41, 5.74) is 0.603. The molecule has 0 aliphatic heterocycles. The van der Waals surface area contributed by atoms with E-state index in [0.717, 1.165) is 4.47 Å². The number of nitrogens with one attached hydrogen (secondary N) is 1. The summed E-state index contributed by atoms with van der Waals surface area (Å²) >= 11 is 3.29. The molecule has 1 aromatic carbocycles. The third-order valence-electron chi connectivity index (χ3n) is 2.15. The van der Waals surface area contributed by atoms with Gasteiger partial charge < -0.3 is 15.2 Å². The molecule has 0 aliphatic carbocycles. The summed E-state index contributed by atoms with van der Waals surface area (Å²) in [6.45, 7) is 1.37. The third-order valence-corrected chi connectivity index (χ3v) is 2.64. The van der Waals surface area contributed by atoms with Crippen LogP contribution in [0, 0.1) is 11.3 Å². The molecule has 1 unspecified atom stereocenters. The van der Waals surface area contributed by atoms with Crippen LogP contribution in [0.2, 0.25) is 0 Å². The number of nitriles is 1. The molecular formula is C12H13BrN2O3. The largest absolute Gasteiger partial charge is 0.483 e. The minimum Gasteiger partial charge on any atom is -0.483 e. The number of nitrogens with zero attached hydrogens (tertiary/aromatic N) is 1. The Kier molecular flexibility index (Phi) is 5.62. The highest BCUT2D eigenvalue weighted by molar-refractivity contribution is 9.10. The van der Waals surface area contributed by atoms with Crippen LogP contribution in [0.15, 0.2) is 22.7 Å². The molecule has 0 radical (unpaired) electrons. The lowest BCUT2D eigenvalue weighted by Gasteiger charge is -2.13. The van der Waals surface area contributed by atoms with Crippen molar-refractivity contribution in [1.82, 2.24) is 5.32 Å². The standard InChI is InChI=1S/C12H13BrN2O3/c1-8(16)10-3-2-9(13)6-11(10)18-7-12(17)15-5-4-14/h2-3,6,8,16H,5,7H2,1H3,(H,15,17). The number of hydrogen-bond acceptors (Lipinski definition) is 4. The van der Waals surface area contributed by atoms with Gasteiger partial charge in [0.2, 0.25) is 0 Å². The molecule has 0 spiro atoms. The Labute approximate surface area is 114 Å². The van der Waals surface area contributed by atoms with Gasteiger partial charge in [-0.15, -0.1) is 0 Å². The normalized spacial score (nSPS) is 11.4. The molecule has 2 N–H and O–H groups in total. The van der Waals surface area contributed by atoms with Crippen LogP contribution in [0.3, 0.4) is 0 Å². The van der Waals surface area contributed by atoms with Gasteiger partial charge >= 0.3 is 0 Å². The fourth-order valence-corrected chi connectivity index (χ4v) is 1.65. The zero-order valence-corrected chi connectivity index (χ0v) is 11.4. The topological polar surface area (TPSA) is 82.3 Å². The maximum atomic E-state index is 11.3. The number of halogens is 1. The third kappa shape index (κ3) is 4.35. The van der Waals surface area contributed by atoms with E-state index in [4.69, 9.17) is 10.00 Å². The number of aliphatic hydroxyl groups is 1. The van der Waals surface area contributed by atoms with Gasteiger partial charge in [-0.2, -0.15) is 5.26 Å². The Hall–Kier alpha value is -1.58. The van der Waals surface area contributed by atoms with Crippen LogP contribution in [0.1, 0.15) is 18.6 Å². The molecule has 0 saturated heterocycles. The van der Waals surface area contributed by atoms with Crippen molar-refractivity contribution in [2.24, 2.45) is 0 Å². The minimum absolute atomic E-state index is 0.0516. The number of rotatable bonds is 5. The Morgan fingerprint density at radius 3 is 3.00 bits per heavy atom. The van der Waals surface area contributed by atoms with E-state index < -0.39 is 6.10 Å². The van der Waals surface area contributed by atoms with Crippen molar-refractivity contribution in [3.63, 3.8) is 0 Å². The van der Waals surface area contributed by atoms with Crippen LogP contribution in [0.4, 0.5) is 0 Å². The number of hydrogen-bond donors (Lipinski definition) is 2. The first-order valence-corrected chi connectivity index (χ1v) is 6.08. The van der Waals surface area contributed by atoms with E-state index >= 15 is 0 Å². The highest BCUT2D eigenvalue weighted by atomic mass is 79.9. The van der Waals surface area contributed by atoms with Gasteiger partial charge in [0.05, 0.1) is 12.2 Å². The molecule has 6 heteroatoms. The van der Waals surface area contributed by atoms with E-state index in [1.807, 2.05) is 0 Å². The van der Waals surface area contributed by atoms with Crippen LogP contribution in [0.5, 0.6) is 5.75 Å². The number of ether oxygens (including phenoxy) is 1. The molecule has 1 amide bonds. The number of carbonyl (C=O) groups excluding carboxylic acids is 1. The summed E-state index contributed by atoms with van der Waals surface area (Å²) in [7, 11) is 0. The van der Waals surface area contributed by atoms with Gasteiger partial charge in [0.1, 0.15) is 12.3 Å². The van der Waals surface area contributed by atoms with E-state index in [1.165, 1.54) is 0 Å². The zero-order valence-electron chi connectivity index (χ0n) is 9.81. The zero-order chi connectivity index (χ0) is 13.5. The molecule has 0 fully saturated rings. The highest BCUT2D eigenvalue weighted by Crippen LogP contribution is 2.28. The first kappa shape index (κ1) is 14.5. The SMILES string of the molecule is CC(O)c1ccc(Br)cc1OCC(=O)NCC#N. The lowest BCUT2D eigenvalue weighted by Crippen LogP contribution is -2.29. The van der Waals surface area contributed by atoms with Crippen LogP contribution in [-0.4, -0.2) is 24.2 Å². The first-order chi connectivity index (χ1) is 8.54. The molecule has 5 nitrogen and oxygen atoms in total. The number of amides is 1. The van der Waals surface area contributed by atoms with Crippen molar-refractivity contribution < 1.29 is 14.6 Å². The van der Waals surface area contributed by atoms with Crippen molar-refractivity contribution in [1.29, 1.82) is 5.26 Å². The lowest BCUT2D eigenvalue weighted by molar-refractivity contribution is -0.122. The molecular weight excluding hydrogens is 300 g/mol. The molecule has 96 valence electrons. The van der Waals surface area contributed by atoms with Crippen molar-refractivity contribution >= 4 is 21.8 Å². The van der Waals surface area contributed by atoms with E-state index in [2.05, 4.69) is 21.2 Å². The molecule has 1 atom stereocenters. The Bertz CT molecular complexity index is 469. The summed E-state index contributed by atoms with van der Waals surface area (Å²) in [4.78, 5) is 11.3. The van der Waals surface area contributed by atoms with Crippen molar-refractivity contribution in [2.45, 2.75) is 13.0 Å². The van der Waals surface area contributed by atoms with Crippen molar-refractivity contribution in [2.75, 3.05) is 13.2 Å². The predicted molar refractivity (Wildman–Crippen MR) is 68.9 cm³/mol. The van der Waals surface area contributed by atoms with Gasteiger partial charge in [0.15, 0.2) is 6.61 Å². The van der Waals surface area contributed by atoms with Gasteiger partial charge in [-0.05, 0) is 19.1 Å². The highest BCUT2D eigenvalue weighted by Gasteiger charge is 2.11. The molecule has 1 aromatic rings. The quantitative estimate of drug-likeness (QED) is 0.808. The molecule has 0 heterocycles. The molecule has 1 rings (SSSR count). The van der Waals surface area contributed by atoms with Crippen LogP contribution < -0.4 is 10.1 Å². The van der Waals surface area contributed by atoms with Crippen LogP contribution >= 0.6 is 15.9 Å². The van der Waals surface area contributed by atoms with Crippen molar-refractivity contribution in [3.05, 3.63) is 28.2 Å². The minimum atomic E-state index is -0.685. The fraction of sp³-hybridized carbons (Fsp3) is 0.333. The average molecular weight is 313 g/mol. The van der Waals surface area contributed by atoms with Gasteiger partial charge in [0.25, 0.3) is 5.91 Å². The second-order valence-electron chi connectivity index (χ2n) is 3.58. The summed E-state index contributed by atoms with van der Waals surface area (Å²) < 4.78 is 6.12. The maximum Gasteiger partial charge on any atom is 0.258 e. The summed E-state index contributed by atoms with van der Waals surface area (Å²) in [5.74, 6) is 0.0551. The fourth-order valence-electron chi connectivity index (χ4n) is 1.31. The molecule has 0 bridgehead atoms. The Morgan fingerprint density at radius 2 is 2.39 bits per heavy atom. The number of aliphatic hydroxyl groups excluding tert-OH is 1. The number of benzene rings is 1. The van der Waals surface area contributed by atoms with E-state index in [1.54, 1.807) is 31.2 Å². The van der Waals surface area contributed by atoms with Gasteiger partial charge in [-0.25, -0.2) is 0 Å². The second kappa shape index (κ2) is 6.99. The summed E-state index contributed by atoms with van der Waals surface area (Å²) in [6.07, 6.45) is -0.685. The first-order valence-electron chi connectivity index (χ1n) is 5.28. The van der Waals surface area contributed by atoms with Gasteiger partial charge in [0, 0.05) is 10.0 Å². The monoisotopic (exact) mass is 312 g/mol. The van der Waals surface area contributed by atoms with E-state index in [0.29, 0.717) is 11.3 Å². The lowest BCUT2D eigenvalue weighted by atomic mass is 10.1. The molecule has 0 saturated carbocycles. The van der Waals surface area contributed by atoms with Crippen LogP contribution in [-0.2, 0) is 4.79 Å². The van der Waals surface area contributed by atoms with E-state index in [-0.39, 0.29) is 19.1 Å². The Balaban J connectivity index is 2.69. The van der Waals surface area contributed by atoms with Crippen molar-refractivity contribution in [3.8, 4) is 11.8 Å². The average Bonchev–Trinajstić information content (AvgIpc) is 2.33. The maximum absolute atomic E-state index is 11.3. The summed E-state index contributed by atoms with van der Waals surface area (Å²) in [5, 5.41) is 20.2. The molecule has 0 aromatic heterocycles. The molecule has 0 aliphatic rings. The molecule has 18 heavy (non-hydrogen) atoms. The predicted octanol–water partition coefficient (Wildman–Crippen LogP) is 1.52. The number of carbonyl (C=O) groups is 1. The smallest absolute Gasteiger partial charge is 0.258 e. The van der Waals surface area contributed by atoms with E-state index in [9.17, 15) is 9.90 Å².